The second-order valence-electron chi connectivity index (χ2n) is 6.70. The van der Waals surface area contributed by atoms with Crippen molar-refractivity contribution in [1.82, 2.24) is 0 Å². The minimum Gasteiger partial charge on any atom is -0.325 e. The zero-order valence-electron chi connectivity index (χ0n) is 14.2. The predicted octanol–water partition coefficient (Wildman–Crippen LogP) is 6.33. The first-order chi connectivity index (χ1) is 11.2. The first kappa shape index (κ1) is 19.2. The lowest BCUT2D eigenvalue weighted by Gasteiger charge is -2.20. The number of nitrogens with one attached hydrogen (secondary N) is 1. The highest BCUT2D eigenvalue weighted by Crippen LogP contribution is 2.30. The highest BCUT2D eigenvalue weighted by molar-refractivity contribution is 8.00. The fourth-order valence-electron chi connectivity index (χ4n) is 2.14. The number of amides is 1. The first-order valence-electron chi connectivity index (χ1n) is 7.65. The van der Waals surface area contributed by atoms with E-state index in [2.05, 4.69) is 51.2 Å². The SMILES string of the molecule is Cc1ccc(C(C)(C)C)cc1SCC(=O)Nc1ccc(Cl)c(Cl)c1. The van der Waals surface area contributed by atoms with Crippen LogP contribution in [0.1, 0.15) is 31.9 Å². The molecule has 2 aromatic rings. The van der Waals surface area contributed by atoms with Gasteiger partial charge in [0.25, 0.3) is 0 Å². The molecule has 0 aliphatic rings. The molecule has 128 valence electrons. The van der Waals surface area contributed by atoms with E-state index in [1.165, 1.54) is 11.1 Å². The molecular weight excluding hydrogens is 361 g/mol. The molecule has 24 heavy (non-hydrogen) atoms. The average molecular weight is 382 g/mol. The van der Waals surface area contributed by atoms with Gasteiger partial charge in [0.2, 0.25) is 5.91 Å². The average Bonchev–Trinajstić information content (AvgIpc) is 2.49. The number of anilines is 1. The first-order valence-corrected chi connectivity index (χ1v) is 9.40. The molecule has 0 unspecified atom stereocenters. The Morgan fingerprint density at radius 1 is 1.08 bits per heavy atom. The van der Waals surface area contributed by atoms with Crippen molar-refractivity contribution in [2.45, 2.75) is 38.0 Å². The third-order valence-electron chi connectivity index (χ3n) is 3.62. The molecule has 0 saturated carbocycles. The van der Waals surface area contributed by atoms with E-state index < -0.39 is 0 Å². The van der Waals surface area contributed by atoms with Crippen molar-refractivity contribution < 1.29 is 4.79 Å². The van der Waals surface area contributed by atoms with E-state index in [-0.39, 0.29) is 11.3 Å². The van der Waals surface area contributed by atoms with Crippen molar-refractivity contribution in [2.75, 3.05) is 11.1 Å². The second kappa shape index (κ2) is 7.81. The van der Waals surface area contributed by atoms with Crippen LogP contribution < -0.4 is 5.32 Å². The lowest BCUT2D eigenvalue weighted by atomic mass is 9.87. The van der Waals surface area contributed by atoms with Crippen molar-refractivity contribution in [3.8, 4) is 0 Å². The summed E-state index contributed by atoms with van der Waals surface area (Å²) in [5.41, 5.74) is 3.18. The summed E-state index contributed by atoms with van der Waals surface area (Å²) in [4.78, 5) is 13.3. The van der Waals surface area contributed by atoms with Crippen molar-refractivity contribution in [3.05, 3.63) is 57.6 Å². The summed E-state index contributed by atoms with van der Waals surface area (Å²) in [5, 5.41) is 3.74. The standard InChI is InChI=1S/C19H21Cl2NOS/c1-12-5-6-13(19(2,3)4)9-17(12)24-11-18(23)22-14-7-8-15(20)16(21)10-14/h5-10H,11H2,1-4H3,(H,22,23). The summed E-state index contributed by atoms with van der Waals surface area (Å²) in [6.07, 6.45) is 0. The van der Waals surface area contributed by atoms with Crippen molar-refractivity contribution in [1.29, 1.82) is 0 Å². The summed E-state index contributed by atoms with van der Waals surface area (Å²) < 4.78 is 0. The Kier molecular flexibility index (Phi) is 6.24. The number of carbonyl (C=O) groups excluding carboxylic acids is 1. The van der Waals surface area contributed by atoms with Gasteiger partial charge >= 0.3 is 0 Å². The monoisotopic (exact) mass is 381 g/mol. The van der Waals surface area contributed by atoms with E-state index in [0.717, 1.165) is 4.90 Å². The highest BCUT2D eigenvalue weighted by Gasteiger charge is 2.15. The van der Waals surface area contributed by atoms with Crippen LogP contribution in [0.25, 0.3) is 0 Å². The van der Waals surface area contributed by atoms with Crippen LogP contribution in [0, 0.1) is 6.92 Å². The smallest absolute Gasteiger partial charge is 0.234 e. The van der Waals surface area contributed by atoms with Crippen LogP contribution in [0.3, 0.4) is 0 Å². The van der Waals surface area contributed by atoms with Gasteiger partial charge in [-0.1, -0.05) is 56.1 Å². The van der Waals surface area contributed by atoms with Gasteiger partial charge in [0.05, 0.1) is 15.8 Å². The van der Waals surface area contributed by atoms with Gasteiger partial charge in [-0.15, -0.1) is 11.8 Å². The fraction of sp³-hybridized carbons (Fsp3) is 0.316. The Hall–Kier alpha value is -1.16. The molecule has 2 aromatic carbocycles. The third-order valence-corrected chi connectivity index (χ3v) is 5.51. The van der Waals surface area contributed by atoms with Gasteiger partial charge in [0, 0.05) is 10.6 Å². The number of benzene rings is 2. The molecule has 0 radical (unpaired) electrons. The number of thioether (sulfide) groups is 1. The lowest BCUT2D eigenvalue weighted by Crippen LogP contribution is -2.14. The number of carbonyl (C=O) groups is 1. The molecule has 0 spiro atoms. The zero-order valence-corrected chi connectivity index (χ0v) is 16.6. The topological polar surface area (TPSA) is 29.1 Å². The van der Waals surface area contributed by atoms with Crippen LogP contribution in [0.15, 0.2) is 41.3 Å². The Labute approximate surface area is 157 Å². The molecule has 2 rings (SSSR count). The zero-order chi connectivity index (χ0) is 17.9. The molecule has 1 amide bonds. The summed E-state index contributed by atoms with van der Waals surface area (Å²) in [7, 11) is 0. The Morgan fingerprint density at radius 2 is 1.79 bits per heavy atom. The largest absolute Gasteiger partial charge is 0.325 e. The van der Waals surface area contributed by atoms with Crippen LogP contribution in [-0.4, -0.2) is 11.7 Å². The molecule has 0 fully saturated rings. The number of halogens is 2. The van der Waals surface area contributed by atoms with Crippen molar-refractivity contribution >= 4 is 46.6 Å². The maximum Gasteiger partial charge on any atom is 0.234 e. The molecule has 0 bridgehead atoms. The van der Waals surface area contributed by atoms with Crippen LogP contribution in [0.4, 0.5) is 5.69 Å². The van der Waals surface area contributed by atoms with Crippen LogP contribution in [0.5, 0.6) is 0 Å². The molecule has 1 N–H and O–H groups in total. The van der Waals surface area contributed by atoms with Crippen LogP contribution >= 0.6 is 35.0 Å². The van der Waals surface area contributed by atoms with Gasteiger partial charge in [-0.25, -0.2) is 0 Å². The van der Waals surface area contributed by atoms with E-state index >= 15 is 0 Å². The summed E-state index contributed by atoms with van der Waals surface area (Å²) in [6.45, 7) is 8.61. The lowest BCUT2D eigenvalue weighted by molar-refractivity contribution is -0.113. The normalized spacial score (nSPS) is 11.4. The Balaban J connectivity index is 2.02. The fourth-order valence-corrected chi connectivity index (χ4v) is 3.30. The summed E-state index contributed by atoms with van der Waals surface area (Å²) in [5.74, 6) is 0.272. The minimum atomic E-state index is -0.0704. The van der Waals surface area contributed by atoms with Crippen LogP contribution in [-0.2, 0) is 10.2 Å². The third kappa shape index (κ3) is 5.17. The van der Waals surface area contributed by atoms with E-state index in [1.54, 1.807) is 30.0 Å². The van der Waals surface area contributed by atoms with Gasteiger partial charge in [-0.2, -0.15) is 0 Å². The molecule has 0 aromatic heterocycles. The van der Waals surface area contributed by atoms with Crippen molar-refractivity contribution in [3.63, 3.8) is 0 Å². The molecule has 0 aliphatic carbocycles. The molecule has 0 heterocycles. The van der Waals surface area contributed by atoms with Gasteiger partial charge in [0.1, 0.15) is 0 Å². The van der Waals surface area contributed by atoms with E-state index in [0.29, 0.717) is 21.5 Å². The molecule has 2 nitrogen and oxygen atoms in total. The summed E-state index contributed by atoms with van der Waals surface area (Å²) in [6, 6.07) is 11.5. The quantitative estimate of drug-likeness (QED) is 0.626. The maximum absolute atomic E-state index is 12.2. The molecule has 0 atom stereocenters. The molecular formula is C19H21Cl2NOS. The minimum absolute atomic E-state index is 0.0704. The van der Waals surface area contributed by atoms with Gasteiger partial charge in [-0.3, -0.25) is 4.79 Å². The number of hydrogen-bond acceptors (Lipinski definition) is 2. The van der Waals surface area contributed by atoms with E-state index in [9.17, 15) is 4.79 Å². The second-order valence-corrected chi connectivity index (χ2v) is 8.53. The van der Waals surface area contributed by atoms with Gasteiger partial charge < -0.3 is 5.32 Å². The summed E-state index contributed by atoms with van der Waals surface area (Å²) >= 11 is 13.4. The van der Waals surface area contributed by atoms with Gasteiger partial charge in [0.15, 0.2) is 0 Å². The number of rotatable bonds is 4. The Bertz CT molecular complexity index is 754. The van der Waals surface area contributed by atoms with Crippen molar-refractivity contribution in [2.24, 2.45) is 0 Å². The van der Waals surface area contributed by atoms with E-state index in [4.69, 9.17) is 23.2 Å². The number of aryl methyl sites for hydroxylation is 1. The molecule has 0 saturated heterocycles. The number of hydrogen-bond donors (Lipinski definition) is 1. The highest BCUT2D eigenvalue weighted by atomic mass is 35.5. The van der Waals surface area contributed by atoms with Crippen LogP contribution in [0.2, 0.25) is 10.0 Å². The molecule has 5 heteroatoms. The maximum atomic E-state index is 12.2. The Morgan fingerprint density at radius 3 is 2.42 bits per heavy atom. The predicted molar refractivity (Wildman–Crippen MR) is 106 cm³/mol. The van der Waals surface area contributed by atoms with E-state index in [1.807, 2.05) is 0 Å². The van der Waals surface area contributed by atoms with Gasteiger partial charge in [-0.05, 0) is 47.7 Å². The molecule has 0 aliphatic heterocycles.